The topological polar surface area (TPSA) is 65.1 Å². The molecule has 1 aliphatic carbocycles. The van der Waals surface area contributed by atoms with Gasteiger partial charge < -0.3 is 9.47 Å². The fourth-order valence-corrected chi connectivity index (χ4v) is 4.69. The van der Waals surface area contributed by atoms with Crippen LogP contribution in [0.2, 0.25) is 0 Å². The van der Waals surface area contributed by atoms with Crippen molar-refractivity contribution in [2.24, 2.45) is 5.92 Å². The van der Waals surface area contributed by atoms with E-state index < -0.39 is 0 Å². The van der Waals surface area contributed by atoms with Crippen LogP contribution in [0.4, 0.5) is 0 Å². The molecular formula is C17H27NO5. The lowest BCUT2D eigenvalue weighted by atomic mass is 9.67. The van der Waals surface area contributed by atoms with E-state index in [0.717, 1.165) is 38.5 Å². The molecule has 6 heteroatoms. The minimum atomic E-state index is -0.287. The average Bonchev–Trinajstić information content (AvgIpc) is 2.71. The minimum absolute atomic E-state index is 0.00262. The number of piperidine rings is 1. The lowest BCUT2D eigenvalue weighted by Crippen LogP contribution is -2.58. The molecule has 3 fully saturated rings. The number of hydrogen-bond acceptors (Lipinski definition) is 6. The molecule has 3 aliphatic rings. The van der Waals surface area contributed by atoms with Gasteiger partial charge in [-0.3, -0.25) is 14.4 Å². The maximum Gasteiger partial charge on any atom is 0.313 e. The van der Waals surface area contributed by atoms with E-state index in [9.17, 15) is 9.59 Å². The van der Waals surface area contributed by atoms with Crippen molar-refractivity contribution in [2.75, 3.05) is 13.2 Å². The van der Waals surface area contributed by atoms with Crippen LogP contribution in [0.5, 0.6) is 0 Å². The standard InChI is InChI=1S/C17H27NO5/c1-3-21-14(19)11-12-7-5-9-17-10-6-8-13(23-18(12)17)15(17)16(20)22-4-2/h12-13,15H,3-11H2,1-2H3/t12-,13?,15?,17?/m0/s1. The molecule has 130 valence electrons. The molecular weight excluding hydrogens is 298 g/mol. The van der Waals surface area contributed by atoms with Crippen LogP contribution in [0, 0.1) is 5.92 Å². The molecule has 1 saturated carbocycles. The van der Waals surface area contributed by atoms with Crippen LogP contribution in [0.15, 0.2) is 0 Å². The molecule has 4 atom stereocenters. The summed E-state index contributed by atoms with van der Waals surface area (Å²) in [5.41, 5.74) is -0.287. The number of ether oxygens (including phenoxy) is 2. The Balaban J connectivity index is 1.81. The molecule has 2 saturated heterocycles. The molecule has 0 amide bonds. The lowest BCUT2D eigenvalue weighted by Gasteiger charge is -2.47. The van der Waals surface area contributed by atoms with Crippen molar-refractivity contribution in [3.05, 3.63) is 0 Å². The van der Waals surface area contributed by atoms with E-state index in [1.807, 2.05) is 18.9 Å². The third-order valence-corrected chi connectivity index (χ3v) is 5.46. The van der Waals surface area contributed by atoms with Crippen LogP contribution in [0.25, 0.3) is 0 Å². The predicted molar refractivity (Wildman–Crippen MR) is 82.3 cm³/mol. The molecule has 6 nitrogen and oxygen atoms in total. The van der Waals surface area contributed by atoms with Crippen LogP contribution in [0.1, 0.15) is 58.8 Å². The van der Waals surface area contributed by atoms with Crippen molar-refractivity contribution in [1.29, 1.82) is 0 Å². The Morgan fingerprint density at radius 1 is 1.13 bits per heavy atom. The largest absolute Gasteiger partial charge is 0.466 e. The zero-order valence-electron chi connectivity index (χ0n) is 14.1. The van der Waals surface area contributed by atoms with Crippen molar-refractivity contribution < 1.29 is 23.9 Å². The van der Waals surface area contributed by atoms with E-state index in [-0.39, 0.29) is 35.5 Å². The van der Waals surface area contributed by atoms with Gasteiger partial charge in [-0.25, -0.2) is 0 Å². The van der Waals surface area contributed by atoms with Crippen molar-refractivity contribution in [3.63, 3.8) is 0 Å². The molecule has 2 heterocycles. The van der Waals surface area contributed by atoms with Gasteiger partial charge in [0, 0.05) is 6.04 Å². The van der Waals surface area contributed by atoms with Gasteiger partial charge in [-0.15, -0.1) is 0 Å². The summed E-state index contributed by atoms with van der Waals surface area (Å²) in [6.45, 7) is 4.44. The van der Waals surface area contributed by atoms with Gasteiger partial charge in [0.25, 0.3) is 0 Å². The van der Waals surface area contributed by atoms with Gasteiger partial charge in [-0.1, -0.05) is 0 Å². The van der Waals surface area contributed by atoms with E-state index in [1.54, 1.807) is 0 Å². The second-order valence-electron chi connectivity index (χ2n) is 6.75. The highest BCUT2D eigenvalue weighted by atomic mass is 16.7. The zero-order valence-corrected chi connectivity index (χ0v) is 14.1. The minimum Gasteiger partial charge on any atom is -0.466 e. The summed E-state index contributed by atoms with van der Waals surface area (Å²) in [6, 6.07) is 0.00262. The van der Waals surface area contributed by atoms with E-state index in [2.05, 4.69) is 0 Å². The number of fused-ring (bicyclic) bond motifs is 1. The summed E-state index contributed by atoms with van der Waals surface area (Å²) in [4.78, 5) is 30.6. The highest BCUT2D eigenvalue weighted by Crippen LogP contribution is 2.53. The molecule has 0 aromatic heterocycles. The molecule has 2 bridgehead atoms. The Kier molecular flexibility index (Phi) is 4.92. The first kappa shape index (κ1) is 16.7. The number of carbonyl (C=O) groups excluding carboxylic acids is 2. The van der Waals surface area contributed by atoms with Crippen molar-refractivity contribution >= 4 is 11.9 Å². The van der Waals surface area contributed by atoms with Crippen molar-refractivity contribution in [1.82, 2.24) is 5.06 Å². The molecule has 0 aromatic rings. The third-order valence-electron chi connectivity index (χ3n) is 5.46. The molecule has 3 rings (SSSR count). The Labute approximate surface area is 137 Å². The zero-order chi connectivity index (χ0) is 16.4. The Hall–Kier alpha value is -1.14. The number of rotatable bonds is 5. The van der Waals surface area contributed by atoms with E-state index in [1.165, 1.54) is 0 Å². The van der Waals surface area contributed by atoms with E-state index in [0.29, 0.717) is 19.6 Å². The highest BCUT2D eigenvalue weighted by Gasteiger charge is 2.63. The number of nitrogens with zero attached hydrogens (tertiary/aromatic N) is 1. The smallest absolute Gasteiger partial charge is 0.313 e. The summed E-state index contributed by atoms with van der Waals surface area (Å²) < 4.78 is 10.4. The molecule has 23 heavy (non-hydrogen) atoms. The van der Waals surface area contributed by atoms with Crippen LogP contribution in [0.3, 0.4) is 0 Å². The highest BCUT2D eigenvalue weighted by molar-refractivity contribution is 5.76. The van der Waals surface area contributed by atoms with Crippen LogP contribution >= 0.6 is 0 Å². The molecule has 2 aliphatic heterocycles. The Morgan fingerprint density at radius 3 is 2.52 bits per heavy atom. The summed E-state index contributed by atoms with van der Waals surface area (Å²) >= 11 is 0. The second-order valence-corrected chi connectivity index (χ2v) is 6.75. The van der Waals surface area contributed by atoms with E-state index in [4.69, 9.17) is 14.3 Å². The number of carbonyl (C=O) groups is 2. The van der Waals surface area contributed by atoms with Crippen molar-refractivity contribution in [2.45, 2.75) is 76.5 Å². The van der Waals surface area contributed by atoms with Gasteiger partial charge in [-0.2, -0.15) is 5.06 Å². The summed E-state index contributed by atoms with van der Waals surface area (Å²) in [5, 5.41) is 1.99. The number of hydrogen-bond donors (Lipinski definition) is 0. The second kappa shape index (κ2) is 6.77. The summed E-state index contributed by atoms with van der Waals surface area (Å²) in [6.07, 6.45) is 5.95. The summed E-state index contributed by atoms with van der Waals surface area (Å²) in [5.74, 6) is -0.551. The SMILES string of the molecule is CCOC(=O)C[C@@H]1CCCC23CCCC(ON12)C3C(=O)OCC. The maximum absolute atomic E-state index is 12.5. The van der Waals surface area contributed by atoms with Gasteiger partial charge in [0.05, 0.1) is 31.3 Å². The quantitative estimate of drug-likeness (QED) is 0.722. The monoisotopic (exact) mass is 325 g/mol. The Bertz CT molecular complexity index is 464. The molecule has 0 radical (unpaired) electrons. The number of hydroxylamine groups is 2. The first-order chi connectivity index (χ1) is 11.1. The molecule has 0 N–H and O–H groups in total. The maximum atomic E-state index is 12.5. The number of esters is 2. The van der Waals surface area contributed by atoms with Gasteiger partial charge in [-0.05, 0) is 52.4 Å². The fraction of sp³-hybridized carbons (Fsp3) is 0.882. The predicted octanol–water partition coefficient (Wildman–Crippen LogP) is 2.21. The van der Waals surface area contributed by atoms with Crippen LogP contribution in [-0.2, 0) is 23.9 Å². The Morgan fingerprint density at radius 2 is 1.83 bits per heavy atom. The van der Waals surface area contributed by atoms with Gasteiger partial charge in [0.2, 0.25) is 0 Å². The molecule has 0 aromatic carbocycles. The van der Waals surface area contributed by atoms with Crippen LogP contribution in [-0.4, -0.2) is 47.9 Å². The van der Waals surface area contributed by atoms with E-state index >= 15 is 0 Å². The first-order valence-corrected chi connectivity index (χ1v) is 8.90. The summed E-state index contributed by atoms with van der Waals surface area (Å²) in [7, 11) is 0. The third kappa shape index (κ3) is 2.87. The fourth-order valence-electron chi connectivity index (χ4n) is 4.69. The van der Waals surface area contributed by atoms with Gasteiger partial charge >= 0.3 is 11.9 Å². The van der Waals surface area contributed by atoms with Crippen molar-refractivity contribution in [3.8, 4) is 0 Å². The van der Waals surface area contributed by atoms with Gasteiger partial charge in [0.1, 0.15) is 5.92 Å². The molecule has 1 spiro atoms. The van der Waals surface area contributed by atoms with Crippen LogP contribution < -0.4 is 0 Å². The lowest BCUT2D eigenvalue weighted by molar-refractivity contribution is -0.224. The normalized spacial score (nSPS) is 36.3. The van der Waals surface area contributed by atoms with Gasteiger partial charge in [0.15, 0.2) is 0 Å². The first-order valence-electron chi connectivity index (χ1n) is 8.90. The molecule has 3 unspecified atom stereocenters. The average molecular weight is 325 g/mol.